The Kier molecular flexibility index (Phi) is 4.90. The van der Waals surface area contributed by atoms with Crippen LogP contribution in [-0.4, -0.2) is 4.57 Å². The first-order chi connectivity index (χ1) is 22.8. The van der Waals surface area contributed by atoms with Crippen molar-refractivity contribution in [3.05, 3.63) is 140 Å². The van der Waals surface area contributed by atoms with E-state index in [1.54, 1.807) is 0 Å². The fourth-order valence-corrected chi connectivity index (χ4v) is 9.74. The normalized spacial score (nSPS) is 12.3. The summed E-state index contributed by atoms with van der Waals surface area (Å²) in [4.78, 5) is 0. The van der Waals surface area contributed by atoms with Gasteiger partial charge in [-0.15, -0.1) is 22.7 Å². The van der Waals surface area contributed by atoms with Crippen LogP contribution >= 0.6 is 22.7 Å². The van der Waals surface area contributed by atoms with Gasteiger partial charge in [0.05, 0.1) is 11.0 Å². The molecule has 4 heterocycles. The second-order valence-electron chi connectivity index (χ2n) is 12.1. The number of hydrogen-bond acceptors (Lipinski definition) is 3. The Balaban J connectivity index is 1.11. The van der Waals surface area contributed by atoms with Gasteiger partial charge < -0.3 is 8.98 Å². The van der Waals surface area contributed by atoms with Gasteiger partial charge in [-0.3, -0.25) is 0 Å². The van der Waals surface area contributed by atoms with Crippen LogP contribution in [0, 0.1) is 0 Å². The number of aromatic nitrogens is 1. The fourth-order valence-electron chi connectivity index (χ4n) is 7.54. The van der Waals surface area contributed by atoms with Crippen molar-refractivity contribution in [1.29, 1.82) is 0 Å². The maximum absolute atomic E-state index is 6.49. The van der Waals surface area contributed by atoms with Crippen molar-refractivity contribution in [3.8, 4) is 16.8 Å². The average molecular weight is 622 g/mol. The summed E-state index contributed by atoms with van der Waals surface area (Å²) in [6.45, 7) is 0. The molecule has 2 nitrogen and oxygen atoms in total. The van der Waals surface area contributed by atoms with Crippen molar-refractivity contribution < 1.29 is 4.42 Å². The molecule has 0 saturated carbocycles. The van der Waals surface area contributed by atoms with E-state index in [9.17, 15) is 0 Å². The summed E-state index contributed by atoms with van der Waals surface area (Å²) in [5.74, 6) is 0. The number of rotatable bonds is 2. The van der Waals surface area contributed by atoms with Crippen LogP contribution in [0.4, 0.5) is 0 Å². The Bertz CT molecular complexity index is 3040. The topological polar surface area (TPSA) is 18.1 Å². The highest BCUT2D eigenvalue weighted by molar-refractivity contribution is 7.26. The summed E-state index contributed by atoms with van der Waals surface area (Å²) in [5, 5.41) is 10.2. The van der Waals surface area contributed by atoms with Crippen LogP contribution in [0.2, 0.25) is 0 Å². The maximum atomic E-state index is 6.49. The molecular formula is C42H23NOS2. The molecule has 7 aromatic carbocycles. The first kappa shape index (κ1) is 24.8. The smallest absolute Gasteiger partial charge is 0.136 e. The van der Waals surface area contributed by atoms with Crippen molar-refractivity contribution in [2.75, 3.05) is 0 Å². The second kappa shape index (κ2) is 9.07. The first-order valence-electron chi connectivity index (χ1n) is 15.5. The van der Waals surface area contributed by atoms with Gasteiger partial charge in [-0.05, 0) is 83.9 Å². The summed E-state index contributed by atoms with van der Waals surface area (Å²) in [6, 6.07) is 50.9. The van der Waals surface area contributed by atoms with Crippen molar-refractivity contribution in [3.63, 3.8) is 0 Å². The largest absolute Gasteiger partial charge is 0.456 e. The number of nitrogens with zero attached hydrogens (tertiary/aromatic N) is 1. The van der Waals surface area contributed by atoms with Gasteiger partial charge in [0, 0.05) is 67.6 Å². The lowest BCUT2D eigenvalue weighted by atomic mass is 10.0. The lowest BCUT2D eigenvalue weighted by Crippen LogP contribution is -1.93. The van der Waals surface area contributed by atoms with E-state index in [2.05, 4.69) is 144 Å². The van der Waals surface area contributed by atoms with E-state index in [1.807, 2.05) is 22.7 Å². The summed E-state index contributed by atoms with van der Waals surface area (Å²) < 4.78 is 14.2. The lowest BCUT2D eigenvalue weighted by Gasteiger charge is -2.08. The average Bonchev–Trinajstić information content (AvgIpc) is 3.85. The minimum Gasteiger partial charge on any atom is -0.456 e. The number of para-hydroxylation sites is 1. The molecule has 0 radical (unpaired) electrons. The third kappa shape index (κ3) is 3.35. The van der Waals surface area contributed by atoms with Gasteiger partial charge in [0.1, 0.15) is 11.2 Å². The second-order valence-corrected chi connectivity index (χ2v) is 14.3. The number of hydrogen-bond donors (Lipinski definition) is 0. The summed E-state index contributed by atoms with van der Waals surface area (Å²) in [7, 11) is 0. The molecule has 0 fully saturated rings. The Labute approximate surface area is 270 Å². The molecular weight excluding hydrogens is 599 g/mol. The van der Waals surface area contributed by atoms with Crippen LogP contribution < -0.4 is 0 Å². The van der Waals surface area contributed by atoms with E-state index >= 15 is 0 Å². The molecule has 0 unspecified atom stereocenters. The molecule has 0 aliphatic carbocycles. The van der Waals surface area contributed by atoms with Gasteiger partial charge in [0.25, 0.3) is 0 Å². The Morgan fingerprint density at radius 3 is 2.00 bits per heavy atom. The van der Waals surface area contributed by atoms with Crippen LogP contribution in [0.25, 0.3) is 101 Å². The first-order valence-corrected chi connectivity index (χ1v) is 17.1. The van der Waals surface area contributed by atoms with Gasteiger partial charge >= 0.3 is 0 Å². The predicted molar refractivity (Wildman–Crippen MR) is 199 cm³/mol. The molecule has 4 aromatic heterocycles. The monoisotopic (exact) mass is 621 g/mol. The van der Waals surface area contributed by atoms with Gasteiger partial charge in [-0.1, -0.05) is 66.7 Å². The molecule has 11 aromatic rings. The molecule has 46 heavy (non-hydrogen) atoms. The van der Waals surface area contributed by atoms with Crippen LogP contribution in [-0.2, 0) is 0 Å². The minimum absolute atomic E-state index is 0.905. The maximum Gasteiger partial charge on any atom is 0.136 e. The fraction of sp³-hybridized carbons (Fsp3) is 0. The molecule has 0 N–H and O–H groups in total. The number of fused-ring (bicyclic) bond motifs is 13. The Hall–Kier alpha value is -5.42. The standard InChI is InChI=1S/C42H23NOS2/c1-4-10-33-29(8-1)41-34(17-20-40-42(41)30-9-3-6-12-38(30)46-40)43(33)26-15-18-35-31(23-26)27-16-13-25(22-36(27)44-35)24-14-19-39-32(21-24)28-7-2-5-11-37(28)45-39/h1-23H. The van der Waals surface area contributed by atoms with E-state index in [4.69, 9.17) is 4.42 Å². The van der Waals surface area contributed by atoms with Crippen LogP contribution in [0.5, 0.6) is 0 Å². The van der Waals surface area contributed by atoms with Gasteiger partial charge in [-0.2, -0.15) is 0 Å². The SMILES string of the molecule is c1ccc2c(c1)sc1ccc(-c3ccc4c(c3)oc3ccc(-n5c6ccccc6c6c7c(ccc65)sc5ccccc57)cc34)cc12. The number of benzene rings is 7. The molecule has 0 atom stereocenters. The Morgan fingerprint density at radius 2 is 1.09 bits per heavy atom. The molecule has 0 spiro atoms. The highest BCUT2D eigenvalue weighted by atomic mass is 32.1. The third-order valence-electron chi connectivity index (χ3n) is 9.60. The third-order valence-corrected chi connectivity index (χ3v) is 11.9. The zero-order chi connectivity index (χ0) is 29.9. The van der Waals surface area contributed by atoms with Crippen molar-refractivity contribution in [1.82, 2.24) is 4.57 Å². The van der Waals surface area contributed by atoms with Gasteiger partial charge in [0.2, 0.25) is 0 Å². The summed E-state index contributed by atoms with van der Waals surface area (Å²) in [6.07, 6.45) is 0. The van der Waals surface area contributed by atoms with E-state index < -0.39 is 0 Å². The van der Waals surface area contributed by atoms with Crippen LogP contribution in [0.15, 0.2) is 144 Å². The molecule has 4 heteroatoms. The highest BCUT2D eigenvalue weighted by Gasteiger charge is 2.19. The van der Waals surface area contributed by atoms with Crippen molar-refractivity contribution in [2.24, 2.45) is 0 Å². The molecule has 214 valence electrons. The molecule has 0 aliphatic rings. The lowest BCUT2D eigenvalue weighted by molar-refractivity contribution is 0.669. The van der Waals surface area contributed by atoms with E-state index in [1.165, 1.54) is 73.3 Å². The summed E-state index contributed by atoms with van der Waals surface area (Å²) in [5.41, 5.74) is 7.76. The zero-order valence-corrected chi connectivity index (χ0v) is 26.1. The number of thiophene rings is 2. The highest BCUT2D eigenvalue weighted by Crippen LogP contribution is 2.44. The van der Waals surface area contributed by atoms with Crippen LogP contribution in [0.3, 0.4) is 0 Å². The van der Waals surface area contributed by atoms with Crippen molar-refractivity contribution >= 4 is 107 Å². The molecule has 0 amide bonds. The molecule has 0 bridgehead atoms. The molecule has 0 saturated heterocycles. The Morgan fingerprint density at radius 1 is 0.391 bits per heavy atom. The van der Waals surface area contributed by atoms with Gasteiger partial charge in [0.15, 0.2) is 0 Å². The predicted octanol–water partition coefficient (Wildman–Crippen LogP) is 13.1. The minimum atomic E-state index is 0.905. The zero-order valence-electron chi connectivity index (χ0n) is 24.5. The molecule has 0 aliphatic heterocycles. The molecule has 11 rings (SSSR count). The number of furan rings is 1. The quantitative estimate of drug-likeness (QED) is 0.188. The van der Waals surface area contributed by atoms with Crippen molar-refractivity contribution in [2.45, 2.75) is 0 Å². The van der Waals surface area contributed by atoms with Gasteiger partial charge in [-0.25, -0.2) is 0 Å². The van der Waals surface area contributed by atoms with E-state index in [-0.39, 0.29) is 0 Å². The van der Waals surface area contributed by atoms with E-state index in [0.717, 1.165) is 27.6 Å². The van der Waals surface area contributed by atoms with Crippen LogP contribution in [0.1, 0.15) is 0 Å². The van der Waals surface area contributed by atoms with E-state index in [0.29, 0.717) is 0 Å². The summed E-state index contributed by atoms with van der Waals surface area (Å²) >= 11 is 3.73.